The number of aliphatic carboxylic acids is 1. The number of carboxylic acid groups (broad SMARTS) is 1. The Labute approximate surface area is 174 Å². The first-order valence-corrected chi connectivity index (χ1v) is 9.33. The van der Waals surface area contributed by atoms with E-state index in [1.807, 2.05) is 30.3 Å². The molecule has 3 aromatic rings. The molecule has 3 rings (SSSR count). The zero-order valence-corrected chi connectivity index (χ0v) is 17.0. The Balaban J connectivity index is 1.81. The van der Waals surface area contributed by atoms with Gasteiger partial charge in [-0.1, -0.05) is 30.3 Å². The first-order valence-electron chi connectivity index (χ1n) is 9.33. The number of aryl methyl sites for hydroxylation is 1. The van der Waals surface area contributed by atoms with Crippen molar-refractivity contribution in [3.63, 3.8) is 0 Å². The highest BCUT2D eigenvalue weighted by molar-refractivity contribution is 5.98. The summed E-state index contributed by atoms with van der Waals surface area (Å²) in [6.07, 6.45) is 0.182. The molecule has 1 amide bonds. The first-order chi connectivity index (χ1) is 14.4. The predicted octanol–water partition coefficient (Wildman–Crippen LogP) is 3.70. The predicted molar refractivity (Wildman–Crippen MR) is 111 cm³/mol. The van der Waals surface area contributed by atoms with Gasteiger partial charge in [-0.25, -0.2) is 4.79 Å². The van der Waals surface area contributed by atoms with Crippen LogP contribution in [0.15, 0.2) is 59.0 Å². The fraction of sp³-hybridized carbons (Fsp3) is 0.217. The smallest absolute Gasteiger partial charge is 0.326 e. The summed E-state index contributed by atoms with van der Waals surface area (Å²) in [6, 6.07) is 14.9. The number of carbonyl (C=O) groups excluding carboxylic acids is 1. The number of furan rings is 1. The second-order valence-corrected chi connectivity index (χ2v) is 6.70. The molecule has 0 bridgehead atoms. The summed E-state index contributed by atoms with van der Waals surface area (Å²) in [4.78, 5) is 24.4. The molecule has 1 heterocycles. The highest BCUT2D eigenvalue weighted by Gasteiger charge is 2.24. The molecule has 7 heteroatoms. The van der Waals surface area contributed by atoms with Crippen LogP contribution in [0.3, 0.4) is 0 Å². The molecule has 0 aliphatic rings. The standard InChI is InChI=1S/C23H23NO6/c1-14-17(13-20(30-14)16-9-10-19(28-2)21(12-16)29-3)22(25)24-18(23(26)27)11-15-7-5-4-6-8-15/h4-10,12-13,18H,11H2,1-3H3,(H,24,25)(H,26,27). The molecule has 0 saturated heterocycles. The molecule has 2 N–H and O–H groups in total. The van der Waals surface area contributed by atoms with Crippen molar-refractivity contribution < 1.29 is 28.6 Å². The van der Waals surface area contributed by atoms with Gasteiger partial charge in [0.05, 0.1) is 19.8 Å². The van der Waals surface area contributed by atoms with E-state index in [-0.39, 0.29) is 12.0 Å². The van der Waals surface area contributed by atoms with E-state index in [2.05, 4.69) is 5.32 Å². The van der Waals surface area contributed by atoms with Crippen LogP contribution in [0, 0.1) is 6.92 Å². The Morgan fingerprint density at radius 2 is 1.73 bits per heavy atom. The number of methoxy groups -OCH3 is 2. The molecule has 0 saturated carbocycles. The zero-order valence-electron chi connectivity index (χ0n) is 17.0. The normalized spacial score (nSPS) is 11.6. The van der Waals surface area contributed by atoms with Crippen molar-refractivity contribution in [3.05, 3.63) is 71.5 Å². The molecule has 30 heavy (non-hydrogen) atoms. The maximum absolute atomic E-state index is 12.8. The zero-order chi connectivity index (χ0) is 21.7. The largest absolute Gasteiger partial charge is 0.493 e. The molecule has 0 aliphatic heterocycles. The summed E-state index contributed by atoms with van der Waals surface area (Å²) in [5.74, 6) is 0.353. The van der Waals surface area contributed by atoms with E-state index >= 15 is 0 Å². The summed E-state index contributed by atoms with van der Waals surface area (Å²) >= 11 is 0. The lowest BCUT2D eigenvalue weighted by molar-refractivity contribution is -0.139. The van der Waals surface area contributed by atoms with E-state index in [1.54, 1.807) is 38.3 Å². The molecule has 0 radical (unpaired) electrons. The van der Waals surface area contributed by atoms with Crippen LogP contribution < -0.4 is 14.8 Å². The van der Waals surface area contributed by atoms with Gasteiger partial charge in [0.25, 0.3) is 5.91 Å². The topological polar surface area (TPSA) is 98.0 Å². The lowest BCUT2D eigenvalue weighted by Gasteiger charge is -2.14. The van der Waals surface area contributed by atoms with Crippen molar-refractivity contribution in [3.8, 4) is 22.8 Å². The van der Waals surface area contributed by atoms with E-state index in [4.69, 9.17) is 13.9 Å². The van der Waals surface area contributed by atoms with Crippen molar-refractivity contribution in [2.75, 3.05) is 14.2 Å². The van der Waals surface area contributed by atoms with Crippen molar-refractivity contribution in [2.24, 2.45) is 0 Å². The van der Waals surface area contributed by atoms with Crippen LogP contribution in [-0.4, -0.2) is 37.2 Å². The molecule has 2 aromatic carbocycles. The van der Waals surface area contributed by atoms with Gasteiger partial charge in [0.1, 0.15) is 17.6 Å². The quantitative estimate of drug-likeness (QED) is 0.589. The van der Waals surface area contributed by atoms with Crippen molar-refractivity contribution in [2.45, 2.75) is 19.4 Å². The number of amides is 1. The Kier molecular flexibility index (Phi) is 6.41. The molecule has 1 aromatic heterocycles. The van der Waals surface area contributed by atoms with Crippen LogP contribution in [0.4, 0.5) is 0 Å². The second kappa shape index (κ2) is 9.17. The van der Waals surface area contributed by atoms with Crippen molar-refractivity contribution in [1.29, 1.82) is 0 Å². The Hall–Kier alpha value is -3.74. The monoisotopic (exact) mass is 409 g/mol. The molecule has 0 spiro atoms. The lowest BCUT2D eigenvalue weighted by Crippen LogP contribution is -2.42. The SMILES string of the molecule is COc1ccc(-c2cc(C(=O)NC(Cc3ccccc3)C(=O)O)c(C)o2)cc1OC. The van der Waals surface area contributed by atoms with E-state index in [9.17, 15) is 14.7 Å². The van der Waals surface area contributed by atoms with Crippen LogP contribution in [-0.2, 0) is 11.2 Å². The number of benzene rings is 2. The fourth-order valence-electron chi connectivity index (χ4n) is 3.13. The number of carboxylic acids is 1. The molecular formula is C23H23NO6. The van der Waals surface area contributed by atoms with Gasteiger partial charge in [0.2, 0.25) is 0 Å². The number of ether oxygens (including phenoxy) is 2. The van der Waals surface area contributed by atoms with Crippen LogP contribution in [0.2, 0.25) is 0 Å². The molecule has 1 unspecified atom stereocenters. The number of hydrogen-bond acceptors (Lipinski definition) is 5. The Bertz CT molecular complexity index is 1040. The van der Waals surface area contributed by atoms with Gasteiger partial charge in [0, 0.05) is 12.0 Å². The van der Waals surface area contributed by atoms with Crippen LogP contribution in [0.5, 0.6) is 11.5 Å². The second-order valence-electron chi connectivity index (χ2n) is 6.70. The van der Waals surface area contributed by atoms with Gasteiger partial charge in [-0.2, -0.15) is 0 Å². The molecular weight excluding hydrogens is 386 g/mol. The Morgan fingerprint density at radius 3 is 2.37 bits per heavy atom. The van der Waals surface area contributed by atoms with E-state index in [1.165, 1.54) is 7.11 Å². The summed E-state index contributed by atoms with van der Waals surface area (Å²) in [5.41, 5.74) is 1.80. The average Bonchev–Trinajstić information content (AvgIpc) is 3.15. The van der Waals surface area contributed by atoms with Gasteiger partial charge < -0.3 is 24.3 Å². The maximum Gasteiger partial charge on any atom is 0.326 e. The highest BCUT2D eigenvalue weighted by Crippen LogP contribution is 2.34. The van der Waals surface area contributed by atoms with Crippen LogP contribution >= 0.6 is 0 Å². The molecule has 1 atom stereocenters. The average molecular weight is 409 g/mol. The molecule has 7 nitrogen and oxygen atoms in total. The number of rotatable bonds is 8. The van der Waals surface area contributed by atoms with Crippen LogP contribution in [0.25, 0.3) is 11.3 Å². The minimum atomic E-state index is -1.10. The highest BCUT2D eigenvalue weighted by atomic mass is 16.5. The van der Waals surface area contributed by atoms with E-state index in [0.29, 0.717) is 28.6 Å². The molecule has 156 valence electrons. The third-order valence-electron chi connectivity index (χ3n) is 4.72. The maximum atomic E-state index is 12.8. The minimum absolute atomic E-state index is 0.182. The third-order valence-corrected chi connectivity index (χ3v) is 4.72. The summed E-state index contributed by atoms with van der Waals surface area (Å²) in [6.45, 7) is 1.66. The summed E-state index contributed by atoms with van der Waals surface area (Å²) in [5, 5.41) is 12.1. The van der Waals surface area contributed by atoms with Gasteiger partial charge in [-0.15, -0.1) is 0 Å². The van der Waals surface area contributed by atoms with Crippen molar-refractivity contribution >= 4 is 11.9 Å². The summed E-state index contributed by atoms with van der Waals surface area (Å²) in [7, 11) is 3.08. The molecule has 0 fully saturated rings. The Morgan fingerprint density at radius 1 is 1.03 bits per heavy atom. The fourth-order valence-corrected chi connectivity index (χ4v) is 3.13. The number of carbonyl (C=O) groups is 2. The van der Waals surface area contributed by atoms with Crippen LogP contribution in [0.1, 0.15) is 21.7 Å². The first kappa shape index (κ1) is 21.0. The minimum Gasteiger partial charge on any atom is -0.493 e. The van der Waals surface area contributed by atoms with Gasteiger partial charge in [-0.3, -0.25) is 4.79 Å². The van der Waals surface area contributed by atoms with Gasteiger partial charge >= 0.3 is 5.97 Å². The lowest BCUT2D eigenvalue weighted by atomic mass is 10.1. The van der Waals surface area contributed by atoms with Gasteiger partial charge in [-0.05, 0) is 36.8 Å². The van der Waals surface area contributed by atoms with E-state index < -0.39 is 17.9 Å². The number of nitrogens with one attached hydrogen (secondary N) is 1. The van der Waals surface area contributed by atoms with E-state index in [0.717, 1.165) is 5.56 Å². The van der Waals surface area contributed by atoms with Crippen molar-refractivity contribution in [1.82, 2.24) is 5.32 Å². The third kappa shape index (κ3) is 4.63. The number of hydrogen-bond donors (Lipinski definition) is 2. The van der Waals surface area contributed by atoms with Gasteiger partial charge in [0.15, 0.2) is 11.5 Å². The molecule has 0 aliphatic carbocycles. The summed E-state index contributed by atoms with van der Waals surface area (Å²) < 4.78 is 16.3.